The second kappa shape index (κ2) is 5.54. The lowest BCUT2D eigenvalue weighted by atomic mass is 10.1. The predicted octanol–water partition coefficient (Wildman–Crippen LogP) is 1.24. The summed E-state index contributed by atoms with van der Waals surface area (Å²) in [6.45, 7) is 3.78. The number of amides is 1. The van der Waals surface area contributed by atoms with E-state index in [2.05, 4.69) is 0 Å². The molecule has 1 aromatic rings. The first-order chi connectivity index (χ1) is 8.65. The highest BCUT2D eigenvalue weighted by molar-refractivity contribution is 5.92. The molecule has 1 aliphatic heterocycles. The number of nitrogens with two attached hydrogens (primary N) is 1. The molecule has 2 heterocycles. The van der Waals surface area contributed by atoms with Crippen LogP contribution in [0.4, 0.5) is 0 Å². The van der Waals surface area contributed by atoms with Gasteiger partial charge in [0.1, 0.15) is 12.4 Å². The van der Waals surface area contributed by atoms with Gasteiger partial charge in [0, 0.05) is 19.7 Å². The van der Waals surface area contributed by atoms with E-state index in [0.717, 1.165) is 13.0 Å². The molecule has 2 atom stereocenters. The van der Waals surface area contributed by atoms with E-state index in [1.54, 1.807) is 19.2 Å². The topological polar surface area (TPSA) is 68.7 Å². The zero-order valence-corrected chi connectivity index (χ0v) is 10.9. The summed E-state index contributed by atoms with van der Waals surface area (Å²) in [5, 5.41) is 0. The maximum absolute atomic E-state index is 12.3. The summed E-state index contributed by atoms with van der Waals surface area (Å²) in [5.41, 5.74) is 5.66. The summed E-state index contributed by atoms with van der Waals surface area (Å²) in [5.74, 6) is 1.40. The van der Waals surface area contributed by atoms with Crippen LogP contribution in [0.1, 0.15) is 29.7 Å². The second-order valence-corrected chi connectivity index (χ2v) is 4.84. The van der Waals surface area contributed by atoms with Crippen LogP contribution in [0.2, 0.25) is 0 Å². The molecule has 1 saturated heterocycles. The molecule has 0 radical (unpaired) electrons. The van der Waals surface area contributed by atoms with Crippen LogP contribution in [0.5, 0.6) is 0 Å². The average Bonchev–Trinajstić information content (AvgIpc) is 2.95. The summed E-state index contributed by atoms with van der Waals surface area (Å²) in [4.78, 5) is 14.1. The van der Waals surface area contributed by atoms with Crippen molar-refractivity contribution in [2.24, 2.45) is 11.7 Å². The van der Waals surface area contributed by atoms with Crippen molar-refractivity contribution >= 4 is 5.91 Å². The first-order valence-electron chi connectivity index (χ1n) is 6.24. The second-order valence-electron chi connectivity index (χ2n) is 4.84. The largest absolute Gasteiger partial charge is 0.453 e. The average molecular weight is 252 g/mol. The highest BCUT2D eigenvalue weighted by atomic mass is 16.5. The third-order valence-corrected chi connectivity index (χ3v) is 3.41. The van der Waals surface area contributed by atoms with Gasteiger partial charge >= 0.3 is 0 Å². The summed E-state index contributed by atoms with van der Waals surface area (Å²) in [6, 6.07) is 3.71. The lowest BCUT2D eigenvalue weighted by Crippen LogP contribution is -2.34. The van der Waals surface area contributed by atoms with Gasteiger partial charge in [-0.15, -0.1) is 0 Å². The standard InChI is InChI=1S/C13H20N2O3/c1-9-5-10(6-14)7-15(9)13(16)12-4-3-11(18-12)8-17-2/h3-4,9-10H,5-8,14H2,1-2H3. The molecule has 2 unspecified atom stereocenters. The molecule has 18 heavy (non-hydrogen) atoms. The van der Waals surface area contributed by atoms with Crippen LogP contribution in [0, 0.1) is 5.92 Å². The van der Waals surface area contributed by atoms with E-state index in [-0.39, 0.29) is 11.9 Å². The Balaban J connectivity index is 2.06. The molecule has 5 heteroatoms. The normalized spacial score (nSPS) is 23.6. The number of hydrogen-bond acceptors (Lipinski definition) is 4. The molecule has 0 bridgehead atoms. The number of methoxy groups -OCH3 is 1. The molecule has 1 aromatic heterocycles. The molecule has 0 aromatic carbocycles. The zero-order chi connectivity index (χ0) is 13.1. The van der Waals surface area contributed by atoms with E-state index in [1.807, 2.05) is 11.8 Å². The monoisotopic (exact) mass is 252 g/mol. The van der Waals surface area contributed by atoms with Crippen molar-refractivity contribution in [3.8, 4) is 0 Å². The quantitative estimate of drug-likeness (QED) is 0.875. The number of rotatable bonds is 4. The third kappa shape index (κ3) is 2.57. The first-order valence-corrected chi connectivity index (χ1v) is 6.24. The number of hydrogen-bond donors (Lipinski definition) is 1. The zero-order valence-electron chi connectivity index (χ0n) is 10.9. The molecule has 2 rings (SSSR count). The Bertz CT molecular complexity index is 416. The first kappa shape index (κ1) is 13.1. The minimum Gasteiger partial charge on any atom is -0.453 e. The lowest BCUT2D eigenvalue weighted by Gasteiger charge is -2.20. The molecule has 0 spiro atoms. The molecule has 2 N–H and O–H groups in total. The van der Waals surface area contributed by atoms with Crippen molar-refractivity contribution in [1.29, 1.82) is 0 Å². The lowest BCUT2D eigenvalue weighted by molar-refractivity contribution is 0.0703. The Morgan fingerprint density at radius 3 is 3.00 bits per heavy atom. The number of furan rings is 1. The molecule has 1 amide bonds. The summed E-state index contributed by atoms with van der Waals surface area (Å²) < 4.78 is 10.4. The van der Waals surface area contributed by atoms with Crippen LogP contribution in [0.3, 0.4) is 0 Å². The Hall–Kier alpha value is -1.33. The van der Waals surface area contributed by atoms with Gasteiger partial charge in [-0.2, -0.15) is 0 Å². The van der Waals surface area contributed by atoms with Crippen molar-refractivity contribution < 1.29 is 13.9 Å². The van der Waals surface area contributed by atoms with Gasteiger partial charge in [0.05, 0.1) is 0 Å². The highest BCUT2D eigenvalue weighted by Crippen LogP contribution is 2.24. The smallest absolute Gasteiger partial charge is 0.289 e. The van der Waals surface area contributed by atoms with Crippen LogP contribution in [0.15, 0.2) is 16.5 Å². The fourth-order valence-electron chi connectivity index (χ4n) is 2.45. The van der Waals surface area contributed by atoms with E-state index < -0.39 is 0 Å². The van der Waals surface area contributed by atoms with Crippen molar-refractivity contribution in [2.45, 2.75) is 26.0 Å². The van der Waals surface area contributed by atoms with Gasteiger partial charge in [-0.1, -0.05) is 0 Å². The fraction of sp³-hybridized carbons (Fsp3) is 0.615. The van der Waals surface area contributed by atoms with Gasteiger partial charge < -0.3 is 19.8 Å². The van der Waals surface area contributed by atoms with Crippen LogP contribution in [-0.2, 0) is 11.3 Å². The van der Waals surface area contributed by atoms with Crippen LogP contribution >= 0.6 is 0 Å². The summed E-state index contributed by atoms with van der Waals surface area (Å²) in [6.07, 6.45) is 0.966. The van der Waals surface area contributed by atoms with Crippen LogP contribution < -0.4 is 5.73 Å². The Kier molecular flexibility index (Phi) is 4.04. The van der Waals surface area contributed by atoms with Gasteiger partial charge in [-0.05, 0) is 37.9 Å². The maximum Gasteiger partial charge on any atom is 0.289 e. The molecular formula is C13H20N2O3. The van der Waals surface area contributed by atoms with E-state index in [9.17, 15) is 4.79 Å². The molecule has 0 saturated carbocycles. The number of carbonyl (C=O) groups is 1. The van der Waals surface area contributed by atoms with Crippen molar-refractivity contribution in [1.82, 2.24) is 4.90 Å². The van der Waals surface area contributed by atoms with E-state index in [1.165, 1.54) is 0 Å². The number of carbonyl (C=O) groups excluding carboxylic acids is 1. The van der Waals surface area contributed by atoms with Gasteiger partial charge in [-0.25, -0.2) is 0 Å². The van der Waals surface area contributed by atoms with E-state index >= 15 is 0 Å². The number of ether oxygens (including phenoxy) is 1. The van der Waals surface area contributed by atoms with Gasteiger partial charge in [0.15, 0.2) is 5.76 Å². The molecule has 5 nitrogen and oxygen atoms in total. The molecule has 100 valence electrons. The van der Waals surface area contributed by atoms with E-state index in [4.69, 9.17) is 14.9 Å². The molecule has 1 fully saturated rings. The third-order valence-electron chi connectivity index (χ3n) is 3.41. The summed E-state index contributed by atoms with van der Waals surface area (Å²) >= 11 is 0. The van der Waals surface area contributed by atoms with Gasteiger partial charge in [0.2, 0.25) is 0 Å². The molecular weight excluding hydrogens is 232 g/mol. The Morgan fingerprint density at radius 1 is 1.61 bits per heavy atom. The minimum absolute atomic E-state index is 0.0548. The predicted molar refractivity (Wildman–Crippen MR) is 67.1 cm³/mol. The van der Waals surface area contributed by atoms with Gasteiger partial charge in [-0.3, -0.25) is 4.79 Å². The van der Waals surface area contributed by atoms with Crippen LogP contribution in [0.25, 0.3) is 0 Å². The minimum atomic E-state index is -0.0548. The fourth-order valence-corrected chi connectivity index (χ4v) is 2.45. The number of nitrogens with zero attached hydrogens (tertiary/aromatic N) is 1. The van der Waals surface area contributed by atoms with Crippen molar-refractivity contribution in [3.05, 3.63) is 23.7 Å². The molecule has 0 aliphatic carbocycles. The van der Waals surface area contributed by atoms with Crippen LogP contribution in [-0.4, -0.2) is 37.0 Å². The number of likely N-dealkylation sites (tertiary alicyclic amines) is 1. The van der Waals surface area contributed by atoms with E-state index in [0.29, 0.717) is 30.6 Å². The van der Waals surface area contributed by atoms with Crippen molar-refractivity contribution in [2.75, 3.05) is 20.2 Å². The molecule has 1 aliphatic rings. The van der Waals surface area contributed by atoms with Gasteiger partial charge in [0.25, 0.3) is 5.91 Å². The highest BCUT2D eigenvalue weighted by Gasteiger charge is 2.33. The maximum atomic E-state index is 12.3. The van der Waals surface area contributed by atoms with Crippen molar-refractivity contribution in [3.63, 3.8) is 0 Å². The summed E-state index contributed by atoms with van der Waals surface area (Å²) in [7, 11) is 1.60. The Morgan fingerprint density at radius 2 is 2.39 bits per heavy atom. The SMILES string of the molecule is COCc1ccc(C(=O)N2CC(CN)CC2C)o1. The Labute approximate surface area is 107 Å².